The molecule has 0 bridgehead atoms. The van der Waals surface area contributed by atoms with Gasteiger partial charge in [-0.05, 0) is 13.3 Å². The van der Waals surface area contributed by atoms with Gasteiger partial charge in [-0.25, -0.2) is 0 Å². The van der Waals surface area contributed by atoms with E-state index in [9.17, 15) is 0 Å². The van der Waals surface area contributed by atoms with Gasteiger partial charge in [0.2, 0.25) is 0 Å². The lowest BCUT2D eigenvalue weighted by molar-refractivity contribution is 0.183. The van der Waals surface area contributed by atoms with Gasteiger partial charge < -0.3 is 10.8 Å². The van der Waals surface area contributed by atoms with Crippen molar-refractivity contribution in [3.05, 3.63) is 6.42 Å². The van der Waals surface area contributed by atoms with Crippen LogP contribution in [0, 0.1) is 6.42 Å². The van der Waals surface area contributed by atoms with Crippen LogP contribution in [0.15, 0.2) is 0 Å². The van der Waals surface area contributed by atoms with Crippen LogP contribution in [-0.2, 0) is 0 Å². The molecule has 0 aromatic carbocycles. The van der Waals surface area contributed by atoms with Crippen molar-refractivity contribution in [2.24, 2.45) is 5.73 Å². The Kier molecular flexibility index (Phi) is 2.96. The molecule has 43 valence electrons. The molecule has 3 N–H and O–H groups in total. The van der Waals surface area contributed by atoms with Crippen molar-refractivity contribution < 1.29 is 5.11 Å². The van der Waals surface area contributed by atoms with Crippen molar-refractivity contribution in [1.82, 2.24) is 0 Å². The van der Waals surface area contributed by atoms with Gasteiger partial charge in [-0.3, -0.25) is 0 Å². The Balaban J connectivity index is 3.14. The smallest absolute Gasteiger partial charge is 0.0717 e. The molecule has 0 aliphatic heterocycles. The van der Waals surface area contributed by atoms with Gasteiger partial charge in [-0.1, -0.05) is 6.92 Å². The van der Waals surface area contributed by atoms with Gasteiger partial charge in [0.1, 0.15) is 0 Å². The Morgan fingerprint density at radius 2 is 2.14 bits per heavy atom. The molecule has 0 aliphatic carbocycles. The summed E-state index contributed by atoms with van der Waals surface area (Å²) in [5.74, 6) is 0. The molecule has 0 aliphatic rings. The number of hydrogen-bond donors (Lipinski definition) is 2. The van der Waals surface area contributed by atoms with Crippen LogP contribution in [0.5, 0.6) is 0 Å². The molecule has 2 heteroatoms. The highest BCUT2D eigenvalue weighted by Gasteiger charge is 2.04. The highest BCUT2D eigenvalue weighted by atomic mass is 16.3. The van der Waals surface area contributed by atoms with Crippen molar-refractivity contribution >= 4 is 0 Å². The van der Waals surface area contributed by atoms with Crippen molar-refractivity contribution in [1.29, 1.82) is 0 Å². The summed E-state index contributed by atoms with van der Waals surface area (Å²) in [7, 11) is 0. The molecule has 0 saturated heterocycles. The molecule has 2 atom stereocenters. The lowest BCUT2D eigenvalue weighted by Gasteiger charge is -2.09. The maximum absolute atomic E-state index is 8.75. The molecule has 0 amide bonds. The third-order valence-corrected chi connectivity index (χ3v) is 0.880. The van der Waals surface area contributed by atoms with Gasteiger partial charge in [0.05, 0.1) is 6.10 Å². The average molecular weight is 102 g/mol. The molecule has 0 fully saturated rings. The third kappa shape index (κ3) is 2.60. The van der Waals surface area contributed by atoms with Crippen LogP contribution in [0.1, 0.15) is 13.8 Å². The fraction of sp³-hybridized carbons (Fsp3) is 0.800. The first-order valence-electron chi connectivity index (χ1n) is 2.41. The molecule has 0 aromatic rings. The SMILES string of the molecule is C[CH]C(O)C(C)N. The van der Waals surface area contributed by atoms with E-state index in [-0.39, 0.29) is 6.04 Å². The molecule has 0 heterocycles. The van der Waals surface area contributed by atoms with Crippen molar-refractivity contribution in [2.75, 3.05) is 0 Å². The Morgan fingerprint density at radius 1 is 1.71 bits per heavy atom. The fourth-order valence-corrected chi connectivity index (χ4v) is 0.304. The Labute approximate surface area is 44.3 Å². The van der Waals surface area contributed by atoms with Crippen LogP contribution < -0.4 is 5.73 Å². The number of hydrogen-bond acceptors (Lipinski definition) is 2. The highest BCUT2D eigenvalue weighted by molar-refractivity contribution is 4.76. The molecular weight excluding hydrogens is 90.1 g/mol. The van der Waals surface area contributed by atoms with Crippen LogP contribution in [0.4, 0.5) is 0 Å². The predicted molar refractivity (Wildman–Crippen MR) is 29.6 cm³/mol. The molecular formula is C5H12NO. The van der Waals surface area contributed by atoms with Crippen LogP contribution >= 0.6 is 0 Å². The van der Waals surface area contributed by atoms with E-state index in [1.165, 1.54) is 0 Å². The molecule has 2 nitrogen and oxygen atoms in total. The average Bonchev–Trinajstić information content (AvgIpc) is 1.65. The molecule has 7 heavy (non-hydrogen) atoms. The van der Waals surface area contributed by atoms with E-state index >= 15 is 0 Å². The van der Waals surface area contributed by atoms with E-state index in [1.54, 1.807) is 20.3 Å². The van der Waals surface area contributed by atoms with E-state index in [0.717, 1.165) is 0 Å². The number of nitrogens with two attached hydrogens (primary N) is 1. The number of aliphatic hydroxyl groups is 1. The van der Waals surface area contributed by atoms with Crippen LogP contribution in [0.3, 0.4) is 0 Å². The summed E-state index contributed by atoms with van der Waals surface area (Å²) in [6.45, 7) is 3.55. The summed E-state index contributed by atoms with van der Waals surface area (Å²) in [5, 5.41) is 8.75. The molecule has 0 aromatic heterocycles. The lowest BCUT2D eigenvalue weighted by Crippen LogP contribution is -2.30. The quantitative estimate of drug-likeness (QED) is 0.512. The normalized spacial score (nSPS) is 18.9. The summed E-state index contributed by atoms with van der Waals surface area (Å²) in [5.41, 5.74) is 5.27. The number of aliphatic hydroxyl groups excluding tert-OH is 1. The summed E-state index contributed by atoms with van der Waals surface area (Å²) in [4.78, 5) is 0. The molecule has 1 radical (unpaired) electrons. The van der Waals surface area contributed by atoms with Crippen LogP contribution in [0.25, 0.3) is 0 Å². The monoisotopic (exact) mass is 102 g/mol. The fourth-order valence-electron chi connectivity index (χ4n) is 0.304. The largest absolute Gasteiger partial charge is 0.391 e. The topological polar surface area (TPSA) is 46.2 Å². The maximum atomic E-state index is 8.75. The third-order valence-electron chi connectivity index (χ3n) is 0.880. The van der Waals surface area contributed by atoms with Crippen molar-refractivity contribution in [2.45, 2.75) is 26.0 Å². The van der Waals surface area contributed by atoms with E-state index in [0.29, 0.717) is 0 Å². The van der Waals surface area contributed by atoms with E-state index < -0.39 is 6.10 Å². The predicted octanol–water partition coefficient (Wildman–Crippen LogP) is -0.0813. The van der Waals surface area contributed by atoms with E-state index in [1.807, 2.05) is 0 Å². The first kappa shape index (κ1) is 6.92. The first-order chi connectivity index (χ1) is 3.18. The van der Waals surface area contributed by atoms with E-state index in [2.05, 4.69) is 0 Å². The standard InChI is InChI=1S/C5H12NO/c1-3-5(7)4(2)6/h3-5,7H,6H2,1-2H3. The summed E-state index contributed by atoms with van der Waals surface area (Å²) in [6.07, 6.45) is 1.23. The zero-order chi connectivity index (χ0) is 5.86. The van der Waals surface area contributed by atoms with Gasteiger partial charge in [0.25, 0.3) is 0 Å². The number of rotatable bonds is 2. The van der Waals surface area contributed by atoms with Gasteiger partial charge in [-0.2, -0.15) is 0 Å². The molecule has 0 spiro atoms. The van der Waals surface area contributed by atoms with Crippen LogP contribution in [-0.4, -0.2) is 17.3 Å². The van der Waals surface area contributed by atoms with E-state index in [4.69, 9.17) is 10.8 Å². The second-order valence-electron chi connectivity index (χ2n) is 1.68. The summed E-state index contributed by atoms with van der Waals surface area (Å²) < 4.78 is 0. The Hall–Kier alpha value is -0.0800. The minimum Gasteiger partial charge on any atom is -0.391 e. The minimum atomic E-state index is -0.444. The van der Waals surface area contributed by atoms with Crippen molar-refractivity contribution in [3.63, 3.8) is 0 Å². The molecule has 2 unspecified atom stereocenters. The highest BCUT2D eigenvalue weighted by Crippen LogP contribution is 1.90. The Bertz CT molecular complexity index is 45.3. The van der Waals surface area contributed by atoms with Crippen molar-refractivity contribution in [3.8, 4) is 0 Å². The molecule has 0 rings (SSSR count). The lowest BCUT2D eigenvalue weighted by atomic mass is 10.1. The van der Waals surface area contributed by atoms with Gasteiger partial charge >= 0.3 is 0 Å². The van der Waals surface area contributed by atoms with Gasteiger partial charge in [-0.15, -0.1) is 0 Å². The Morgan fingerprint density at radius 3 is 2.14 bits per heavy atom. The second kappa shape index (κ2) is 2.99. The molecule has 0 saturated carbocycles. The minimum absolute atomic E-state index is 0.134. The zero-order valence-corrected chi connectivity index (χ0v) is 4.76. The summed E-state index contributed by atoms with van der Waals surface area (Å²) >= 11 is 0. The van der Waals surface area contributed by atoms with Crippen LogP contribution in [0.2, 0.25) is 0 Å². The maximum Gasteiger partial charge on any atom is 0.0717 e. The first-order valence-corrected chi connectivity index (χ1v) is 2.41. The zero-order valence-electron chi connectivity index (χ0n) is 4.76. The van der Waals surface area contributed by atoms with Gasteiger partial charge in [0.15, 0.2) is 0 Å². The second-order valence-corrected chi connectivity index (χ2v) is 1.68. The summed E-state index contributed by atoms with van der Waals surface area (Å²) in [6, 6.07) is -0.134. The van der Waals surface area contributed by atoms with Gasteiger partial charge in [0, 0.05) is 6.04 Å².